The summed E-state index contributed by atoms with van der Waals surface area (Å²) in [5, 5.41) is 9.24. The van der Waals surface area contributed by atoms with E-state index in [1.807, 2.05) is 12.1 Å². The second kappa shape index (κ2) is 5.33. The van der Waals surface area contributed by atoms with Crippen molar-refractivity contribution < 1.29 is 9.90 Å². The van der Waals surface area contributed by atoms with E-state index in [0.717, 1.165) is 12.1 Å². The van der Waals surface area contributed by atoms with Gasteiger partial charge in [-0.15, -0.1) is 0 Å². The van der Waals surface area contributed by atoms with Crippen molar-refractivity contribution in [3.8, 4) is 0 Å². The molecular weight excluding hydrogens is 238 g/mol. The zero-order valence-corrected chi connectivity index (χ0v) is 12.0. The van der Waals surface area contributed by atoms with Crippen LogP contribution in [0.5, 0.6) is 0 Å². The third-order valence-electron chi connectivity index (χ3n) is 4.26. The lowest BCUT2D eigenvalue weighted by Gasteiger charge is -2.30. The molecule has 0 bridgehead atoms. The Labute approximate surface area is 115 Å². The van der Waals surface area contributed by atoms with Crippen molar-refractivity contribution in [2.24, 2.45) is 0 Å². The van der Waals surface area contributed by atoms with Crippen molar-refractivity contribution in [2.75, 3.05) is 20.1 Å². The van der Waals surface area contributed by atoms with Crippen LogP contribution in [-0.4, -0.2) is 36.1 Å². The molecule has 1 aromatic rings. The van der Waals surface area contributed by atoms with E-state index in [1.54, 1.807) is 13.8 Å². The van der Waals surface area contributed by atoms with E-state index in [4.69, 9.17) is 0 Å². The standard InChI is InChI=1S/C16H23NO2/c1-16(2,15(18)19)14-8-6-12(7-9-14)13-5-4-10-17(3)11-13/h6-9,13H,4-5,10-11H2,1-3H3,(H,18,19). The number of carboxylic acids is 1. The lowest BCUT2D eigenvalue weighted by molar-refractivity contribution is -0.142. The first-order valence-electron chi connectivity index (χ1n) is 6.93. The predicted molar refractivity (Wildman–Crippen MR) is 76.6 cm³/mol. The van der Waals surface area contributed by atoms with E-state index in [2.05, 4.69) is 24.1 Å². The fourth-order valence-corrected chi connectivity index (χ4v) is 2.73. The highest BCUT2D eigenvalue weighted by molar-refractivity contribution is 5.80. The minimum absolute atomic E-state index is 0.584. The number of likely N-dealkylation sites (N-methyl/N-ethyl adjacent to an activating group) is 1. The lowest BCUT2D eigenvalue weighted by Crippen LogP contribution is -2.31. The summed E-state index contributed by atoms with van der Waals surface area (Å²) in [6.07, 6.45) is 2.47. The molecule has 0 aliphatic carbocycles. The molecule has 1 unspecified atom stereocenters. The Bertz CT molecular complexity index is 450. The van der Waals surface area contributed by atoms with Crippen LogP contribution in [0.25, 0.3) is 0 Å². The Balaban J connectivity index is 2.16. The fraction of sp³-hybridized carbons (Fsp3) is 0.562. The van der Waals surface area contributed by atoms with Gasteiger partial charge in [0.2, 0.25) is 0 Å². The van der Waals surface area contributed by atoms with Gasteiger partial charge in [0.25, 0.3) is 0 Å². The van der Waals surface area contributed by atoms with Gasteiger partial charge < -0.3 is 10.0 Å². The van der Waals surface area contributed by atoms with Crippen molar-refractivity contribution in [2.45, 2.75) is 38.0 Å². The van der Waals surface area contributed by atoms with Gasteiger partial charge >= 0.3 is 5.97 Å². The molecule has 19 heavy (non-hydrogen) atoms. The molecule has 1 N–H and O–H groups in total. The number of likely N-dealkylation sites (tertiary alicyclic amines) is 1. The van der Waals surface area contributed by atoms with E-state index in [0.29, 0.717) is 5.92 Å². The molecule has 0 spiro atoms. The first-order chi connectivity index (χ1) is 8.91. The monoisotopic (exact) mass is 261 g/mol. The van der Waals surface area contributed by atoms with Crippen LogP contribution in [0.3, 0.4) is 0 Å². The van der Waals surface area contributed by atoms with Crippen molar-refractivity contribution >= 4 is 5.97 Å². The minimum atomic E-state index is -0.818. The van der Waals surface area contributed by atoms with Crippen LogP contribution >= 0.6 is 0 Å². The molecular formula is C16H23NO2. The number of carboxylic acid groups (broad SMARTS) is 1. The van der Waals surface area contributed by atoms with E-state index >= 15 is 0 Å². The number of nitrogens with zero attached hydrogens (tertiary/aromatic N) is 1. The third kappa shape index (κ3) is 2.98. The summed E-state index contributed by atoms with van der Waals surface area (Å²) in [6, 6.07) is 8.14. The summed E-state index contributed by atoms with van der Waals surface area (Å²) in [5.74, 6) is -0.196. The van der Waals surface area contributed by atoms with Crippen LogP contribution in [0.15, 0.2) is 24.3 Å². The van der Waals surface area contributed by atoms with E-state index < -0.39 is 11.4 Å². The van der Waals surface area contributed by atoms with E-state index in [1.165, 1.54) is 24.9 Å². The average Bonchev–Trinajstić information content (AvgIpc) is 2.38. The highest BCUT2D eigenvalue weighted by Crippen LogP contribution is 2.29. The van der Waals surface area contributed by atoms with Gasteiger partial charge in [0, 0.05) is 6.54 Å². The normalized spacial score (nSPS) is 21.3. The maximum absolute atomic E-state index is 11.2. The van der Waals surface area contributed by atoms with Crippen LogP contribution in [0.4, 0.5) is 0 Å². The number of benzene rings is 1. The molecule has 2 rings (SSSR count). The molecule has 1 heterocycles. The first kappa shape index (κ1) is 14.1. The number of aliphatic carboxylic acids is 1. The Morgan fingerprint density at radius 3 is 2.47 bits per heavy atom. The van der Waals surface area contributed by atoms with Crippen molar-refractivity contribution in [1.82, 2.24) is 4.90 Å². The topological polar surface area (TPSA) is 40.5 Å². The highest BCUT2D eigenvalue weighted by atomic mass is 16.4. The third-order valence-corrected chi connectivity index (χ3v) is 4.26. The molecule has 1 aromatic carbocycles. The van der Waals surface area contributed by atoms with Gasteiger partial charge in [0.05, 0.1) is 5.41 Å². The van der Waals surface area contributed by atoms with Crippen LogP contribution in [-0.2, 0) is 10.2 Å². The smallest absolute Gasteiger partial charge is 0.313 e. The quantitative estimate of drug-likeness (QED) is 0.909. The van der Waals surface area contributed by atoms with Gasteiger partial charge in [0.1, 0.15) is 0 Å². The molecule has 1 fully saturated rings. The highest BCUT2D eigenvalue weighted by Gasteiger charge is 2.29. The molecule has 1 aliphatic rings. The minimum Gasteiger partial charge on any atom is -0.481 e. The van der Waals surface area contributed by atoms with Crippen LogP contribution in [0.2, 0.25) is 0 Å². The zero-order chi connectivity index (χ0) is 14.0. The summed E-state index contributed by atoms with van der Waals surface area (Å²) in [4.78, 5) is 13.6. The van der Waals surface area contributed by atoms with Crippen molar-refractivity contribution in [3.05, 3.63) is 35.4 Å². The molecule has 1 saturated heterocycles. The molecule has 0 saturated carbocycles. The zero-order valence-electron chi connectivity index (χ0n) is 12.0. The number of hydrogen-bond donors (Lipinski definition) is 1. The molecule has 104 valence electrons. The second-order valence-corrected chi connectivity index (χ2v) is 6.15. The van der Waals surface area contributed by atoms with Crippen LogP contribution in [0.1, 0.15) is 43.7 Å². The van der Waals surface area contributed by atoms with Crippen LogP contribution < -0.4 is 0 Å². The second-order valence-electron chi connectivity index (χ2n) is 6.15. The Morgan fingerprint density at radius 2 is 1.95 bits per heavy atom. The summed E-state index contributed by atoms with van der Waals surface area (Å²) in [6.45, 7) is 5.78. The van der Waals surface area contributed by atoms with Gasteiger partial charge in [-0.3, -0.25) is 4.79 Å². The number of carbonyl (C=O) groups is 1. The Kier molecular flexibility index (Phi) is 3.95. The number of hydrogen-bond acceptors (Lipinski definition) is 2. The van der Waals surface area contributed by atoms with Crippen molar-refractivity contribution in [1.29, 1.82) is 0 Å². The van der Waals surface area contributed by atoms with Crippen LogP contribution in [0, 0.1) is 0 Å². The molecule has 0 aromatic heterocycles. The SMILES string of the molecule is CN1CCCC(c2ccc(C(C)(C)C(=O)O)cc2)C1. The summed E-state index contributed by atoms with van der Waals surface area (Å²) in [5.41, 5.74) is 1.38. The molecule has 0 amide bonds. The summed E-state index contributed by atoms with van der Waals surface area (Å²) >= 11 is 0. The van der Waals surface area contributed by atoms with Gasteiger partial charge in [-0.05, 0) is 57.3 Å². The maximum atomic E-state index is 11.2. The molecule has 3 heteroatoms. The van der Waals surface area contributed by atoms with Gasteiger partial charge in [-0.25, -0.2) is 0 Å². The fourth-order valence-electron chi connectivity index (χ4n) is 2.73. The average molecular weight is 261 g/mol. The first-order valence-corrected chi connectivity index (χ1v) is 6.93. The Hall–Kier alpha value is -1.35. The molecule has 3 nitrogen and oxygen atoms in total. The van der Waals surface area contributed by atoms with E-state index in [9.17, 15) is 9.90 Å². The summed E-state index contributed by atoms with van der Waals surface area (Å²) < 4.78 is 0. The largest absolute Gasteiger partial charge is 0.481 e. The van der Waals surface area contributed by atoms with Gasteiger partial charge in [0.15, 0.2) is 0 Å². The van der Waals surface area contributed by atoms with Crippen molar-refractivity contribution in [3.63, 3.8) is 0 Å². The molecule has 0 radical (unpaired) electrons. The van der Waals surface area contributed by atoms with Gasteiger partial charge in [-0.2, -0.15) is 0 Å². The molecule has 1 aliphatic heterocycles. The Morgan fingerprint density at radius 1 is 1.32 bits per heavy atom. The number of rotatable bonds is 3. The lowest BCUT2D eigenvalue weighted by atomic mass is 9.83. The maximum Gasteiger partial charge on any atom is 0.313 e. The van der Waals surface area contributed by atoms with Gasteiger partial charge in [-0.1, -0.05) is 24.3 Å². The predicted octanol–water partition coefficient (Wildman–Crippen LogP) is 2.86. The number of piperidine rings is 1. The summed E-state index contributed by atoms with van der Waals surface area (Å²) in [7, 11) is 2.16. The van der Waals surface area contributed by atoms with E-state index in [-0.39, 0.29) is 0 Å². The molecule has 1 atom stereocenters.